The van der Waals surface area contributed by atoms with Gasteiger partial charge in [0.1, 0.15) is 0 Å². The Morgan fingerprint density at radius 2 is 1.85 bits per heavy atom. The van der Waals surface area contributed by atoms with Crippen molar-refractivity contribution in [3.05, 3.63) is 34.9 Å². The van der Waals surface area contributed by atoms with E-state index in [4.69, 9.17) is 11.6 Å². The van der Waals surface area contributed by atoms with Crippen LogP contribution in [-0.4, -0.2) is 23.6 Å². The van der Waals surface area contributed by atoms with Gasteiger partial charge in [-0.3, -0.25) is 0 Å². The summed E-state index contributed by atoms with van der Waals surface area (Å²) >= 11 is 8.12. The summed E-state index contributed by atoms with van der Waals surface area (Å²) in [5.41, 5.74) is 1.42. The highest BCUT2D eigenvalue weighted by atomic mass is 35.5. The molecule has 3 heteroatoms. The zero-order valence-corrected chi connectivity index (χ0v) is 13.7. The largest absolute Gasteiger partial charge is 0.311 e. The molecule has 3 rings (SSSR count). The zero-order chi connectivity index (χ0) is 13.9. The summed E-state index contributed by atoms with van der Waals surface area (Å²) in [5.74, 6) is 0.716. The van der Waals surface area contributed by atoms with Gasteiger partial charge in [0.15, 0.2) is 0 Å². The summed E-state index contributed by atoms with van der Waals surface area (Å²) in [6, 6.07) is 9.88. The lowest BCUT2D eigenvalue weighted by atomic mass is 9.75. The Hall–Kier alpha value is -0.180. The third kappa shape index (κ3) is 3.52. The van der Waals surface area contributed by atoms with Crippen LogP contribution < -0.4 is 5.32 Å². The van der Waals surface area contributed by atoms with E-state index in [1.54, 1.807) is 0 Å². The van der Waals surface area contributed by atoms with Gasteiger partial charge in [-0.15, -0.1) is 0 Å². The summed E-state index contributed by atoms with van der Waals surface area (Å²) < 4.78 is 0. The Morgan fingerprint density at radius 3 is 2.50 bits per heavy atom. The number of nitrogens with one attached hydrogen (secondary N) is 1. The molecular weight excluding hydrogens is 286 g/mol. The summed E-state index contributed by atoms with van der Waals surface area (Å²) in [7, 11) is 0. The lowest BCUT2D eigenvalue weighted by Gasteiger charge is -2.40. The monoisotopic (exact) mass is 309 g/mol. The minimum Gasteiger partial charge on any atom is -0.311 e. The van der Waals surface area contributed by atoms with Gasteiger partial charge in [0.05, 0.1) is 0 Å². The standard InChI is InChI=1S/C17H24ClNS/c1-20-17-7-5-15(6-8-17)19-16-10-13(11-16)12-3-2-4-14(18)9-12/h2-4,9,13,15-17,19H,5-8,10-11H2,1H3. The van der Waals surface area contributed by atoms with Crippen LogP contribution in [-0.2, 0) is 0 Å². The van der Waals surface area contributed by atoms with Gasteiger partial charge in [0, 0.05) is 22.4 Å². The highest BCUT2D eigenvalue weighted by Crippen LogP contribution is 2.38. The topological polar surface area (TPSA) is 12.0 Å². The first kappa shape index (κ1) is 14.7. The Labute approximate surface area is 131 Å². The normalized spacial score (nSPS) is 33.7. The fraction of sp³-hybridized carbons (Fsp3) is 0.647. The molecule has 0 unspecified atom stereocenters. The minimum atomic E-state index is 0.716. The van der Waals surface area contributed by atoms with Crippen molar-refractivity contribution in [3.8, 4) is 0 Å². The summed E-state index contributed by atoms with van der Waals surface area (Å²) in [5, 5.41) is 5.65. The van der Waals surface area contributed by atoms with Crippen LogP contribution >= 0.6 is 23.4 Å². The molecular formula is C17H24ClNS. The summed E-state index contributed by atoms with van der Waals surface area (Å²) in [6.45, 7) is 0. The molecule has 2 fully saturated rings. The van der Waals surface area contributed by atoms with E-state index in [1.807, 2.05) is 17.8 Å². The number of hydrogen-bond donors (Lipinski definition) is 1. The van der Waals surface area contributed by atoms with Crippen molar-refractivity contribution < 1.29 is 0 Å². The van der Waals surface area contributed by atoms with E-state index < -0.39 is 0 Å². The molecule has 110 valence electrons. The van der Waals surface area contributed by atoms with Crippen LogP contribution in [0.2, 0.25) is 5.02 Å². The van der Waals surface area contributed by atoms with E-state index in [1.165, 1.54) is 44.1 Å². The lowest BCUT2D eigenvalue weighted by Crippen LogP contribution is -2.46. The molecule has 0 atom stereocenters. The fourth-order valence-corrected chi connectivity index (χ4v) is 4.53. The second kappa shape index (κ2) is 6.72. The molecule has 2 aliphatic rings. The Morgan fingerprint density at radius 1 is 1.10 bits per heavy atom. The van der Waals surface area contributed by atoms with Gasteiger partial charge in [0.2, 0.25) is 0 Å². The van der Waals surface area contributed by atoms with Crippen molar-refractivity contribution >= 4 is 23.4 Å². The highest BCUT2D eigenvalue weighted by Gasteiger charge is 2.32. The molecule has 1 nitrogen and oxygen atoms in total. The molecule has 1 N–H and O–H groups in total. The van der Waals surface area contributed by atoms with E-state index in [9.17, 15) is 0 Å². The molecule has 0 amide bonds. The Balaban J connectivity index is 1.42. The van der Waals surface area contributed by atoms with Crippen LogP contribution in [0.1, 0.15) is 50.0 Å². The SMILES string of the molecule is CSC1CCC(NC2CC(c3cccc(Cl)c3)C2)CC1. The molecule has 1 aromatic carbocycles. The molecule has 0 aromatic heterocycles. The number of benzene rings is 1. The molecule has 2 aliphatic carbocycles. The number of halogens is 1. The van der Waals surface area contributed by atoms with Crippen LogP contribution in [0.15, 0.2) is 24.3 Å². The van der Waals surface area contributed by atoms with Crippen LogP contribution in [0.3, 0.4) is 0 Å². The van der Waals surface area contributed by atoms with Crippen LogP contribution in [0.25, 0.3) is 0 Å². The molecule has 0 aliphatic heterocycles. The smallest absolute Gasteiger partial charge is 0.0408 e. The van der Waals surface area contributed by atoms with E-state index >= 15 is 0 Å². The molecule has 20 heavy (non-hydrogen) atoms. The molecule has 0 bridgehead atoms. The quantitative estimate of drug-likeness (QED) is 0.853. The van der Waals surface area contributed by atoms with Crippen LogP contribution in [0.4, 0.5) is 0 Å². The maximum absolute atomic E-state index is 6.07. The molecule has 0 spiro atoms. The van der Waals surface area contributed by atoms with Crippen molar-refractivity contribution in [1.82, 2.24) is 5.32 Å². The molecule has 0 radical (unpaired) electrons. The van der Waals surface area contributed by atoms with Crippen LogP contribution in [0, 0.1) is 0 Å². The maximum Gasteiger partial charge on any atom is 0.0408 e. The van der Waals surface area contributed by atoms with E-state index in [0.29, 0.717) is 5.92 Å². The third-order valence-electron chi connectivity index (χ3n) is 4.94. The van der Waals surface area contributed by atoms with Crippen molar-refractivity contribution in [2.24, 2.45) is 0 Å². The summed E-state index contributed by atoms with van der Waals surface area (Å²) in [6.07, 6.45) is 10.3. The van der Waals surface area contributed by atoms with Crippen molar-refractivity contribution in [3.63, 3.8) is 0 Å². The second-order valence-electron chi connectivity index (χ2n) is 6.30. The van der Waals surface area contributed by atoms with Gasteiger partial charge in [-0.05, 0) is 68.4 Å². The number of rotatable bonds is 4. The van der Waals surface area contributed by atoms with Gasteiger partial charge in [-0.1, -0.05) is 23.7 Å². The van der Waals surface area contributed by atoms with Crippen molar-refractivity contribution in [1.29, 1.82) is 0 Å². The first-order chi connectivity index (χ1) is 9.74. The second-order valence-corrected chi connectivity index (χ2v) is 7.87. The van der Waals surface area contributed by atoms with E-state index in [2.05, 4.69) is 29.8 Å². The Kier molecular flexibility index (Phi) is 4.95. The number of hydrogen-bond acceptors (Lipinski definition) is 2. The zero-order valence-electron chi connectivity index (χ0n) is 12.1. The maximum atomic E-state index is 6.07. The highest BCUT2D eigenvalue weighted by molar-refractivity contribution is 7.99. The van der Waals surface area contributed by atoms with Gasteiger partial charge in [0.25, 0.3) is 0 Å². The van der Waals surface area contributed by atoms with Gasteiger partial charge < -0.3 is 5.32 Å². The van der Waals surface area contributed by atoms with Gasteiger partial charge >= 0.3 is 0 Å². The van der Waals surface area contributed by atoms with Gasteiger partial charge in [-0.25, -0.2) is 0 Å². The predicted octanol–water partition coefficient (Wildman–Crippen LogP) is 4.85. The third-order valence-corrected chi connectivity index (χ3v) is 6.31. The molecule has 1 aromatic rings. The molecule has 0 heterocycles. The van der Waals surface area contributed by atoms with E-state index in [-0.39, 0.29) is 0 Å². The Bertz CT molecular complexity index is 436. The fourth-order valence-electron chi connectivity index (χ4n) is 3.59. The summed E-state index contributed by atoms with van der Waals surface area (Å²) in [4.78, 5) is 0. The van der Waals surface area contributed by atoms with Crippen molar-refractivity contribution in [2.45, 2.75) is 61.8 Å². The van der Waals surface area contributed by atoms with Crippen LogP contribution in [0.5, 0.6) is 0 Å². The van der Waals surface area contributed by atoms with E-state index in [0.717, 1.165) is 22.4 Å². The van der Waals surface area contributed by atoms with Gasteiger partial charge in [-0.2, -0.15) is 11.8 Å². The molecule has 2 saturated carbocycles. The van der Waals surface area contributed by atoms with Crippen molar-refractivity contribution in [2.75, 3.05) is 6.26 Å². The average Bonchev–Trinajstić information content (AvgIpc) is 2.43. The lowest BCUT2D eigenvalue weighted by molar-refractivity contribution is 0.240. The molecule has 0 saturated heterocycles. The minimum absolute atomic E-state index is 0.716. The predicted molar refractivity (Wildman–Crippen MR) is 89.9 cm³/mol. The number of thioether (sulfide) groups is 1. The first-order valence-electron chi connectivity index (χ1n) is 7.79. The average molecular weight is 310 g/mol. The first-order valence-corrected chi connectivity index (χ1v) is 9.45.